The smallest absolute Gasteiger partial charge is 0.316 e. The molecular weight excluding hydrogens is 374 g/mol. The van der Waals surface area contributed by atoms with E-state index in [9.17, 15) is 9.90 Å². The van der Waals surface area contributed by atoms with Gasteiger partial charge in [0, 0.05) is 24.9 Å². The van der Waals surface area contributed by atoms with E-state index in [0.29, 0.717) is 24.3 Å². The zero-order chi connectivity index (χ0) is 17.3. The molecule has 2 bridgehead atoms. The van der Waals surface area contributed by atoms with E-state index in [0.717, 1.165) is 18.4 Å². The van der Waals surface area contributed by atoms with Crippen LogP contribution in [0.2, 0.25) is 0 Å². The molecule has 1 aromatic rings. The molecule has 3 aliphatic rings. The van der Waals surface area contributed by atoms with Crippen LogP contribution in [0.25, 0.3) is 0 Å². The quantitative estimate of drug-likeness (QED) is 0.477. The number of aliphatic hydroxyl groups is 1. The topological polar surface area (TPSA) is 62.3 Å². The molecule has 0 aliphatic carbocycles. The standard InChI is InChI=1S/C17H21NO4.CH3Br/c1-18-13-7-11(8-14(18)16-15(13)22-16)21-17(20)12(9-19)10-5-3-2-4-6-10;1-2/h2-6,11-16,19H,7-9H2,1H3;1H3. The number of hydrogen-bond donors (Lipinski definition) is 1. The molecule has 3 heterocycles. The molecular formula is C18H24BrNO4. The third-order valence-corrected chi connectivity index (χ3v) is 5.33. The molecule has 0 radical (unpaired) electrons. The summed E-state index contributed by atoms with van der Waals surface area (Å²) >= 11 is 2.94. The van der Waals surface area contributed by atoms with Gasteiger partial charge in [-0.3, -0.25) is 9.69 Å². The number of benzene rings is 1. The monoisotopic (exact) mass is 397 g/mol. The summed E-state index contributed by atoms with van der Waals surface area (Å²) in [6, 6.07) is 10.1. The van der Waals surface area contributed by atoms with Crippen molar-refractivity contribution < 1.29 is 19.4 Å². The van der Waals surface area contributed by atoms with Crippen LogP contribution in [0.5, 0.6) is 0 Å². The number of ether oxygens (including phenoxy) is 2. The number of hydrogen-bond acceptors (Lipinski definition) is 5. The average molecular weight is 398 g/mol. The van der Waals surface area contributed by atoms with Gasteiger partial charge in [0.05, 0.1) is 6.61 Å². The molecule has 4 rings (SSSR count). The normalized spacial score (nSPS) is 34.6. The summed E-state index contributed by atoms with van der Waals surface area (Å²) < 4.78 is 11.4. The van der Waals surface area contributed by atoms with Crippen LogP contribution in [0.15, 0.2) is 30.3 Å². The molecule has 0 aromatic heterocycles. The number of esters is 1. The Morgan fingerprint density at radius 3 is 2.42 bits per heavy atom. The minimum absolute atomic E-state index is 0.0622. The van der Waals surface area contributed by atoms with Crippen LogP contribution in [0, 0.1) is 0 Å². The lowest BCUT2D eigenvalue weighted by Crippen LogP contribution is -2.48. The highest BCUT2D eigenvalue weighted by molar-refractivity contribution is 9.08. The van der Waals surface area contributed by atoms with E-state index in [4.69, 9.17) is 9.47 Å². The molecule has 3 aliphatic heterocycles. The molecule has 3 saturated heterocycles. The highest BCUT2D eigenvalue weighted by Crippen LogP contribution is 2.48. The van der Waals surface area contributed by atoms with Gasteiger partial charge in [-0.2, -0.15) is 0 Å². The molecule has 5 unspecified atom stereocenters. The summed E-state index contributed by atoms with van der Waals surface area (Å²) in [6.45, 7) is -0.226. The Morgan fingerprint density at radius 1 is 1.29 bits per heavy atom. The Hall–Kier alpha value is -0.950. The fourth-order valence-electron chi connectivity index (χ4n) is 4.04. The Kier molecular flexibility index (Phi) is 5.59. The first-order valence-electron chi connectivity index (χ1n) is 8.30. The molecule has 0 saturated carbocycles. The number of halogens is 1. The molecule has 0 amide bonds. The zero-order valence-electron chi connectivity index (χ0n) is 14.0. The predicted molar refractivity (Wildman–Crippen MR) is 94.2 cm³/mol. The number of nitrogens with zero attached hydrogens (tertiary/aromatic N) is 1. The number of piperidine rings is 1. The fraction of sp³-hybridized carbons (Fsp3) is 0.611. The van der Waals surface area contributed by atoms with Crippen molar-refractivity contribution in [2.75, 3.05) is 19.5 Å². The van der Waals surface area contributed by atoms with Crippen LogP contribution >= 0.6 is 15.9 Å². The van der Waals surface area contributed by atoms with Gasteiger partial charge < -0.3 is 14.6 Å². The second-order valence-corrected chi connectivity index (χ2v) is 6.54. The van der Waals surface area contributed by atoms with Crippen LogP contribution in [0.4, 0.5) is 0 Å². The highest BCUT2D eigenvalue weighted by atomic mass is 79.9. The van der Waals surface area contributed by atoms with E-state index in [2.05, 4.69) is 27.9 Å². The van der Waals surface area contributed by atoms with Crippen molar-refractivity contribution in [3.05, 3.63) is 35.9 Å². The first-order valence-corrected chi connectivity index (χ1v) is 9.89. The van der Waals surface area contributed by atoms with Gasteiger partial charge in [-0.05, 0) is 18.4 Å². The minimum Gasteiger partial charge on any atom is -0.462 e. The van der Waals surface area contributed by atoms with E-state index < -0.39 is 5.92 Å². The number of fused-ring (bicyclic) bond motifs is 5. The molecule has 132 valence electrons. The lowest BCUT2D eigenvalue weighted by molar-refractivity contribution is -0.156. The number of rotatable bonds is 4. The van der Waals surface area contributed by atoms with Crippen molar-refractivity contribution in [1.29, 1.82) is 0 Å². The second kappa shape index (κ2) is 7.52. The van der Waals surface area contributed by atoms with Crippen molar-refractivity contribution in [3.8, 4) is 0 Å². The maximum atomic E-state index is 12.4. The van der Waals surface area contributed by atoms with E-state index in [1.807, 2.05) is 36.2 Å². The summed E-state index contributed by atoms with van der Waals surface area (Å²) in [7, 11) is 2.13. The Labute approximate surface area is 151 Å². The van der Waals surface area contributed by atoms with Crippen LogP contribution in [0.3, 0.4) is 0 Å². The maximum absolute atomic E-state index is 12.4. The van der Waals surface area contributed by atoms with Crippen molar-refractivity contribution in [1.82, 2.24) is 4.90 Å². The molecule has 1 N–H and O–H groups in total. The van der Waals surface area contributed by atoms with Crippen LogP contribution in [-0.4, -0.2) is 65.9 Å². The number of carbonyl (C=O) groups is 1. The van der Waals surface area contributed by atoms with Gasteiger partial charge in [-0.15, -0.1) is 0 Å². The molecule has 5 nitrogen and oxygen atoms in total. The van der Waals surface area contributed by atoms with Crippen LogP contribution < -0.4 is 0 Å². The molecule has 0 spiro atoms. The number of morpholine rings is 1. The summed E-state index contributed by atoms with van der Waals surface area (Å²) in [6.07, 6.45) is 2.26. The Balaban J connectivity index is 0.000000815. The van der Waals surface area contributed by atoms with Crippen molar-refractivity contribution >= 4 is 21.9 Å². The Bertz CT molecular complexity index is 551. The Morgan fingerprint density at radius 2 is 1.88 bits per heavy atom. The van der Waals surface area contributed by atoms with Gasteiger partial charge in [0.2, 0.25) is 0 Å². The first-order chi connectivity index (χ1) is 11.7. The van der Waals surface area contributed by atoms with Crippen molar-refractivity contribution in [3.63, 3.8) is 0 Å². The molecule has 1 aromatic carbocycles. The predicted octanol–water partition coefficient (Wildman–Crippen LogP) is 1.93. The number of aliphatic hydroxyl groups excluding tert-OH is 1. The van der Waals surface area contributed by atoms with Gasteiger partial charge in [0.15, 0.2) is 0 Å². The first kappa shape index (κ1) is 17.9. The van der Waals surface area contributed by atoms with Crippen molar-refractivity contribution in [2.45, 2.75) is 49.2 Å². The largest absolute Gasteiger partial charge is 0.462 e. The van der Waals surface area contributed by atoms with Crippen LogP contribution in [0.1, 0.15) is 24.3 Å². The summed E-state index contributed by atoms with van der Waals surface area (Å²) in [5.74, 6) is 0.897. The molecule has 6 heteroatoms. The lowest BCUT2D eigenvalue weighted by atomic mass is 9.97. The lowest BCUT2D eigenvalue weighted by Gasteiger charge is -2.38. The van der Waals surface area contributed by atoms with Crippen molar-refractivity contribution in [2.24, 2.45) is 0 Å². The third kappa shape index (κ3) is 3.25. The maximum Gasteiger partial charge on any atom is 0.316 e. The second-order valence-electron chi connectivity index (χ2n) is 6.54. The number of carbonyl (C=O) groups excluding carboxylic acids is 1. The van der Waals surface area contributed by atoms with Crippen LogP contribution in [-0.2, 0) is 14.3 Å². The third-order valence-electron chi connectivity index (χ3n) is 5.33. The van der Waals surface area contributed by atoms with Gasteiger partial charge in [-0.1, -0.05) is 46.3 Å². The SMILES string of the molecule is CBr.CN1C2CC(OC(=O)C(CO)c3ccccc3)CC1C1OC12. The average Bonchev–Trinajstić information content (AvgIpc) is 3.36. The van der Waals surface area contributed by atoms with Gasteiger partial charge in [0.25, 0.3) is 0 Å². The minimum atomic E-state index is -0.593. The van der Waals surface area contributed by atoms with Gasteiger partial charge >= 0.3 is 5.97 Å². The van der Waals surface area contributed by atoms with E-state index in [-0.39, 0.29) is 18.7 Å². The zero-order valence-corrected chi connectivity index (χ0v) is 15.6. The summed E-state index contributed by atoms with van der Waals surface area (Å²) in [4.78, 5) is 14.8. The molecule has 3 fully saturated rings. The summed E-state index contributed by atoms with van der Waals surface area (Å²) in [5, 5.41) is 9.56. The van der Waals surface area contributed by atoms with E-state index in [1.165, 1.54) is 0 Å². The highest BCUT2D eigenvalue weighted by Gasteiger charge is 2.62. The number of alkyl halides is 1. The van der Waals surface area contributed by atoms with E-state index >= 15 is 0 Å². The number of likely N-dealkylation sites (N-methyl/N-ethyl adjacent to an activating group) is 1. The fourth-order valence-corrected chi connectivity index (χ4v) is 4.04. The van der Waals surface area contributed by atoms with E-state index in [1.54, 1.807) is 0 Å². The molecule has 24 heavy (non-hydrogen) atoms. The molecule has 5 atom stereocenters. The van der Waals surface area contributed by atoms with Gasteiger partial charge in [0.1, 0.15) is 24.2 Å². The van der Waals surface area contributed by atoms with Gasteiger partial charge in [-0.25, -0.2) is 0 Å². The number of epoxide rings is 1. The summed E-state index contributed by atoms with van der Waals surface area (Å²) in [5.41, 5.74) is 0.803.